The molecule has 0 aliphatic heterocycles. The van der Waals surface area contributed by atoms with Gasteiger partial charge in [-0.25, -0.2) is 0 Å². The van der Waals surface area contributed by atoms with E-state index in [9.17, 15) is 9.59 Å². The standard InChI is InChI=1S/C16H18N2O3S/c17-8-11-1-3-12(4-2-11)9-22-10-15(19)18-14-6-5-13(7-14)16(20)21/h1-4,13-14H,5-7,9-10H2,(H,18,19)(H,20,21)/t13-,14+/m0/s1. The molecule has 2 N–H and O–H groups in total. The first-order chi connectivity index (χ1) is 10.6. The average Bonchev–Trinajstić information content (AvgIpc) is 2.96. The monoisotopic (exact) mass is 318 g/mol. The summed E-state index contributed by atoms with van der Waals surface area (Å²) in [6.45, 7) is 0. The van der Waals surface area contributed by atoms with E-state index in [4.69, 9.17) is 10.4 Å². The van der Waals surface area contributed by atoms with Crippen LogP contribution in [-0.2, 0) is 15.3 Å². The Morgan fingerprint density at radius 3 is 2.64 bits per heavy atom. The molecule has 0 aromatic heterocycles. The number of nitriles is 1. The summed E-state index contributed by atoms with van der Waals surface area (Å²) < 4.78 is 0. The average molecular weight is 318 g/mol. The van der Waals surface area contributed by atoms with E-state index in [1.807, 2.05) is 12.1 Å². The van der Waals surface area contributed by atoms with Gasteiger partial charge in [-0.3, -0.25) is 9.59 Å². The van der Waals surface area contributed by atoms with Gasteiger partial charge in [0.25, 0.3) is 0 Å². The molecule has 1 fully saturated rings. The van der Waals surface area contributed by atoms with Crippen molar-refractivity contribution in [3.63, 3.8) is 0 Å². The summed E-state index contributed by atoms with van der Waals surface area (Å²) in [6, 6.07) is 9.36. The third-order valence-corrected chi connectivity index (χ3v) is 4.74. The number of carbonyl (C=O) groups excluding carboxylic acids is 1. The molecule has 2 rings (SSSR count). The maximum absolute atomic E-state index is 11.8. The predicted octanol–water partition coefficient (Wildman–Crippen LogP) is 2.16. The molecule has 116 valence electrons. The van der Waals surface area contributed by atoms with E-state index >= 15 is 0 Å². The largest absolute Gasteiger partial charge is 0.481 e. The van der Waals surface area contributed by atoms with Crippen molar-refractivity contribution in [3.05, 3.63) is 35.4 Å². The molecular formula is C16H18N2O3S. The molecule has 1 aromatic rings. The van der Waals surface area contributed by atoms with Gasteiger partial charge >= 0.3 is 5.97 Å². The molecule has 1 amide bonds. The molecule has 2 atom stereocenters. The summed E-state index contributed by atoms with van der Waals surface area (Å²) in [5.74, 6) is -0.0753. The zero-order valence-corrected chi connectivity index (χ0v) is 12.9. The maximum atomic E-state index is 11.8. The summed E-state index contributed by atoms with van der Waals surface area (Å²) in [5, 5.41) is 20.6. The van der Waals surface area contributed by atoms with Crippen LogP contribution in [0.1, 0.15) is 30.4 Å². The number of benzene rings is 1. The van der Waals surface area contributed by atoms with Crippen LogP contribution < -0.4 is 5.32 Å². The minimum absolute atomic E-state index is 0.0101. The zero-order valence-electron chi connectivity index (χ0n) is 12.1. The number of thioether (sulfide) groups is 1. The van der Waals surface area contributed by atoms with E-state index in [1.54, 1.807) is 12.1 Å². The van der Waals surface area contributed by atoms with Gasteiger partial charge in [-0.05, 0) is 37.0 Å². The maximum Gasteiger partial charge on any atom is 0.306 e. The Balaban J connectivity index is 1.67. The Kier molecular flexibility index (Phi) is 5.84. The second-order valence-electron chi connectivity index (χ2n) is 5.41. The van der Waals surface area contributed by atoms with Crippen molar-refractivity contribution in [2.24, 2.45) is 5.92 Å². The minimum atomic E-state index is -0.771. The molecule has 0 bridgehead atoms. The van der Waals surface area contributed by atoms with Crippen LogP contribution in [0.25, 0.3) is 0 Å². The van der Waals surface area contributed by atoms with Crippen LogP contribution in [0.5, 0.6) is 0 Å². The molecule has 5 nitrogen and oxygen atoms in total. The molecule has 0 heterocycles. The first-order valence-corrected chi connectivity index (χ1v) is 8.33. The molecular weight excluding hydrogens is 300 g/mol. The molecule has 0 unspecified atom stereocenters. The highest BCUT2D eigenvalue weighted by Crippen LogP contribution is 2.25. The quantitative estimate of drug-likeness (QED) is 0.839. The van der Waals surface area contributed by atoms with Gasteiger partial charge in [-0.2, -0.15) is 5.26 Å². The smallest absolute Gasteiger partial charge is 0.306 e. The fourth-order valence-corrected chi connectivity index (χ4v) is 3.34. The number of amides is 1. The lowest BCUT2D eigenvalue weighted by Crippen LogP contribution is -2.34. The highest BCUT2D eigenvalue weighted by molar-refractivity contribution is 7.99. The number of nitrogens with one attached hydrogen (secondary N) is 1. The van der Waals surface area contributed by atoms with Crippen molar-refractivity contribution in [2.75, 3.05) is 5.75 Å². The van der Waals surface area contributed by atoms with Crippen LogP contribution in [0.15, 0.2) is 24.3 Å². The van der Waals surface area contributed by atoms with Crippen LogP contribution in [0.3, 0.4) is 0 Å². The van der Waals surface area contributed by atoms with Crippen LogP contribution in [0.4, 0.5) is 0 Å². The first-order valence-electron chi connectivity index (χ1n) is 7.17. The van der Waals surface area contributed by atoms with Gasteiger partial charge < -0.3 is 10.4 Å². The second kappa shape index (κ2) is 7.85. The van der Waals surface area contributed by atoms with Gasteiger partial charge in [0.2, 0.25) is 5.91 Å². The SMILES string of the molecule is N#Cc1ccc(CSCC(=O)N[C@@H]2CC[C@H](C(=O)O)C2)cc1. The van der Waals surface area contributed by atoms with Crippen molar-refractivity contribution < 1.29 is 14.7 Å². The van der Waals surface area contributed by atoms with E-state index in [-0.39, 0.29) is 17.9 Å². The molecule has 0 spiro atoms. The predicted molar refractivity (Wildman–Crippen MR) is 84.2 cm³/mol. The van der Waals surface area contributed by atoms with Crippen LogP contribution in [-0.4, -0.2) is 28.8 Å². The molecule has 1 aromatic carbocycles. The van der Waals surface area contributed by atoms with Crippen LogP contribution in [0, 0.1) is 17.2 Å². The fourth-order valence-electron chi connectivity index (χ4n) is 2.54. The number of rotatable bonds is 6. The van der Waals surface area contributed by atoms with E-state index in [0.717, 1.165) is 12.0 Å². The zero-order chi connectivity index (χ0) is 15.9. The molecule has 1 aliphatic rings. The van der Waals surface area contributed by atoms with Crippen molar-refractivity contribution in [2.45, 2.75) is 31.1 Å². The first kappa shape index (κ1) is 16.4. The third-order valence-electron chi connectivity index (χ3n) is 3.73. The van der Waals surface area contributed by atoms with Crippen molar-refractivity contribution in [1.29, 1.82) is 5.26 Å². The van der Waals surface area contributed by atoms with Crippen LogP contribution in [0.2, 0.25) is 0 Å². The Labute approximate surface area is 133 Å². The summed E-state index contributed by atoms with van der Waals surface area (Å²) in [7, 11) is 0. The van der Waals surface area contributed by atoms with E-state index in [2.05, 4.69) is 11.4 Å². The van der Waals surface area contributed by atoms with Gasteiger partial charge in [0.1, 0.15) is 0 Å². The van der Waals surface area contributed by atoms with Gasteiger partial charge in [0, 0.05) is 11.8 Å². The number of carboxylic acids is 1. The molecule has 0 radical (unpaired) electrons. The molecule has 1 saturated carbocycles. The highest BCUT2D eigenvalue weighted by Gasteiger charge is 2.30. The number of carboxylic acid groups (broad SMARTS) is 1. The number of aliphatic carboxylic acids is 1. The van der Waals surface area contributed by atoms with Gasteiger partial charge in [-0.15, -0.1) is 11.8 Å². The Morgan fingerprint density at radius 2 is 2.05 bits per heavy atom. The normalized spacial score (nSPS) is 20.3. The number of nitrogens with zero attached hydrogens (tertiary/aromatic N) is 1. The molecule has 0 saturated heterocycles. The summed E-state index contributed by atoms with van der Waals surface area (Å²) in [5.41, 5.74) is 1.70. The Hall–Kier alpha value is -2.00. The summed E-state index contributed by atoms with van der Waals surface area (Å²) in [6.07, 6.45) is 1.91. The summed E-state index contributed by atoms with van der Waals surface area (Å²) in [4.78, 5) is 22.7. The number of carbonyl (C=O) groups is 2. The lowest BCUT2D eigenvalue weighted by atomic mass is 10.1. The van der Waals surface area contributed by atoms with E-state index in [0.29, 0.717) is 29.9 Å². The van der Waals surface area contributed by atoms with Crippen LogP contribution >= 0.6 is 11.8 Å². The van der Waals surface area contributed by atoms with Gasteiger partial charge in [-0.1, -0.05) is 12.1 Å². The molecule has 1 aliphatic carbocycles. The van der Waals surface area contributed by atoms with Gasteiger partial charge in [0.05, 0.1) is 23.3 Å². The van der Waals surface area contributed by atoms with E-state index < -0.39 is 5.97 Å². The lowest BCUT2D eigenvalue weighted by Gasteiger charge is -2.12. The topological polar surface area (TPSA) is 90.2 Å². The summed E-state index contributed by atoms with van der Waals surface area (Å²) >= 11 is 1.51. The number of hydrogen-bond donors (Lipinski definition) is 2. The van der Waals surface area contributed by atoms with Crippen molar-refractivity contribution in [3.8, 4) is 6.07 Å². The third kappa shape index (κ3) is 4.78. The van der Waals surface area contributed by atoms with Crippen molar-refractivity contribution in [1.82, 2.24) is 5.32 Å². The Morgan fingerprint density at radius 1 is 1.32 bits per heavy atom. The molecule has 6 heteroatoms. The van der Waals surface area contributed by atoms with E-state index in [1.165, 1.54) is 11.8 Å². The molecule has 22 heavy (non-hydrogen) atoms. The second-order valence-corrected chi connectivity index (χ2v) is 6.40. The fraction of sp³-hybridized carbons (Fsp3) is 0.438. The highest BCUT2D eigenvalue weighted by atomic mass is 32.2. The van der Waals surface area contributed by atoms with Crippen molar-refractivity contribution >= 4 is 23.6 Å². The minimum Gasteiger partial charge on any atom is -0.481 e. The number of hydrogen-bond acceptors (Lipinski definition) is 4. The van der Waals surface area contributed by atoms with Gasteiger partial charge in [0.15, 0.2) is 0 Å². The Bertz CT molecular complexity index is 580. The lowest BCUT2D eigenvalue weighted by molar-refractivity contribution is -0.141.